The number of hydrogen-bond acceptors (Lipinski definition) is 5. The van der Waals surface area contributed by atoms with Gasteiger partial charge in [0.25, 0.3) is 0 Å². The zero-order valence-corrected chi connectivity index (χ0v) is 14.6. The molecule has 1 rings (SSSR count). The molecule has 0 bridgehead atoms. The van der Waals surface area contributed by atoms with Gasteiger partial charge in [-0.05, 0) is 18.9 Å². The van der Waals surface area contributed by atoms with Gasteiger partial charge in [0.05, 0.1) is 12.5 Å². The molecule has 0 spiro atoms. The van der Waals surface area contributed by atoms with Crippen molar-refractivity contribution in [3.63, 3.8) is 0 Å². The fraction of sp³-hybridized carbons (Fsp3) is 0.389. The lowest BCUT2D eigenvalue weighted by Gasteiger charge is -2.16. The first kappa shape index (κ1) is 21.2. The molecule has 0 aliphatic carbocycles. The first-order valence-electron chi connectivity index (χ1n) is 8.07. The van der Waals surface area contributed by atoms with Crippen LogP contribution in [-0.4, -0.2) is 46.9 Å². The number of aliphatic hydroxyl groups excluding tert-OH is 1. The lowest BCUT2D eigenvalue weighted by Crippen LogP contribution is -2.43. The molecule has 26 heavy (non-hydrogen) atoms. The number of carbonyl (C=O) groups excluding carboxylic acids is 2. The Morgan fingerprint density at radius 1 is 1.19 bits per heavy atom. The molecule has 8 nitrogen and oxygen atoms in total. The molecule has 0 heterocycles. The Kier molecular flexibility index (Phi) is 8.86. The maximum Gasteiger partial charge on any atom is 0.407 e. The molecule has 8 heteroatoms. The number of nitrogens with one attached hydrogen (secondary N) is 2. The first-order chi connectivity index (χ1) is 12.3. The van der Waals surface area contributed by atoms with Crippen molar-refractivity contribution >= 4 is 18.0 Å². The zero-order valence-electron chi connectivity index (χ0n) is 14.6. The minimum atomic E-state index is -1.18. The van der Waals surface area contributed by atoms with Gasteiger partial charge in [0.15, 0.2) is 0 Å². The fourth-order valence-electron chi connectivity index (χ4n) is 2.06. The predicted octanol–water partition coefficient (Wildman–Crippen LogP) is 1.20. The smallest absolute Gasteiger partial charge is 0.407 e. The predicted molar refractivity (Wildman–Crippen MR) is 94.3 cm³/mol. The lowest BCUT2D eigenvalue weighted by atomic mass is 10.1. The normalized spacial score (nSPS) is 12.5. The number of carbonyl (C=O) groups is 3. The second kappa shape index (κ2) is 10.9. The Bertz CT molecular complexity index is 632. The highest BCUT2D eigenvalue weighted by Crippen LogP contribution is 2.04. The number of aliphatic hydroxyl groups is 1. The van der Waals surface area contributed by atoms with E-state index in [2.05, 4.69) is 17.2 Å². The van der Waals surface area contributed by atoms with E-state index in [1.807, 2.05) is 18.2 Å². The van der Waals surface area contributed by atoms with E-state index in [4.69, 9.17) is 9.84 Å². The molecule has 2 amide bonds. The van der Waals surface area contributed by atoms with Gasteiger partial charge in [0, 0.05) is 6.54 Å². The Labute approximate surface area is 151 Å². The minimum Gasteiger partial charge on any atom is -0.480 e. The van der Waals surface area contributed by atoms with Crippen LogP contribution in [0.15, 0.2) is 42.5 Å². The van der Waals surface area contributed by atoms with Gasteiger partial charge in [0.2, 0.25) is 5.91 Å². The van der Waals surface area contributed by atoms with Crippen molar-refractivity contribution in [3.05, 3.63) is 48.0 Å². The third-order valence-corrected chi connectivity index (χ3v) is 3.30. The summed E-state index contributed by atoms with van der Waals surface area (Å²) in [5.41, 5.74) is 1.43. The molecule has 0 aliphatic rings. The summed E-state index contributed by atoms with van der Waals surface area (Å²) in [6, 6.07) is 7.98. The highest BCUT2D eigenvalue weighted by Gasteiger charge is 2.21. The Hall–Kier alpha value is -2.87. The van der Waals surface area contributed by atoms with Gasteiger partial charge in [-0.15, -0.1) is 6.58 Å². The molecule has 0 fully saturated rings. The Morgan fingerprint density at radius 2 is 1.85 bits per heavy atom. The van der Waals surface area contributed by atoms with Crippen molar-refractivity contribution < 1.29 is 29.3 Å². The molecule has 1 aromatic carbocycles. The SMILES string of the molecule is C=C(C)C[C@@H](NC(=O)C[C@H](O)CNC(=O)OCc1ccccc1)C(=O)O. The lowest BCUT2D eigenvalue weighted by molar-refractivity contribution is -0.142. The van der Waals surface area contributed by atoms with Gasteiger partial charge >= 0.3 is 12.1 Å². The van der Waals surface area contributed by atoms with E-state index < -0.39 is 30.1 Å². The number of rotatable bonds is 10. The third-order valence-electron chi connectivity index (χ3n) is 3.30. The van der Waals surface area contributed by atoms with Crippen LogP contribution in [0.25, 0.3) is 0 Å². The average Bonchev–Trinajstić information content (AvgIpc) is 2.58. The van der Waals surface area contributed by atoms with Crippen molar-refractivity contribution in [2.75, 3.05) is 6.54 Å². The Balaban J connectivity index is 2.30. The van der Waals surface area contributed by atoms with Crippen LogP contribution in [0.2, 0.25) is 0 Å². The van der Waals surface area contributed by atoms with Crippen LogP contribution in [0.5, 0.6) is 0 Å². The van der Waals surface area contributed by atoms with Crippen LogP contribution in [0.4, 0.5) is 4.79 Å². The van der Waals surface area contributed by atoms with E-state index in [1.165, 1.54) is 0 Å². The summed E-state index contributed by atoms with van der Waals surface area (Å²) in [4.78, 5) is 34.4. The molecule has 0 radical (unpaired) electrons. The summed E-state index contributed by atoms with van der Waals surface area (Å²) in [7, 11) is 0. The first-order valence-corrected chi connectivity index (χ1v) is 8.07. The number of benzene rings is 1. The molecule has 0 aliphatic heterocycles. The van der Waals surface area contributed by atoms with Crippen molar-refractivity contribution in [1.82, 2.24) is 10.6 Å². The average molecular weight is 364 g/mol. The second-order valence-electron chi connectivity index (χ2n) is 5.92. The summed E-state index contributed by atoms with van der Waals surface area (Å²) in [6.07, 6.45) is -2.14. The highest BCUT2D eigenvalue weighted by atomic mass is 16.5. The van der Waals surface area contributed by atoms with Gasteiger partial charge < -0.3 is 25.6 Å². The zero-order chi connectivity index (χ0) is 19.5. The van der Waals surface area contributed by atoms with Crippen LogP contribution in [0.1, 0.15) is 25.3 Å². The summed E-state index contributed by atoms with van der Waals surface area (Å²) >= 11 is 0. The molecule has 4 N–H and O–H groups in total. The molecule has 2 atom stereocenters. The minimum absolute atomic E-state index is 0.0877. The molecule has 0 saturated carbocycles. The number of amides is 2. The van der Waals surface area contributed by atoms with Crippen molar-refractivity contribution in [1.29, 1.82) is 0 Å². The van der Waals surface area contributed by atoms with Crippen molar-refractivity contribution in [2.24, 2.45) is 0 Å². The van der Waals surface area contributed by atoms with Gasteiger partial charge in [-0.25, -0.2) is 9.59 Å². The second-order valence-corrected chi connectivity index (χ2v) is 5.92. The largest absolute Gasteiger partial charge is 0.480 e. The maximum atomic E-state index is 11.8. The van der Waals surface area contributed by atoms with E-state index in [1.54, 1.807) is 19.1 Å². The maximum absolute atomic E-state index is 11.8. The number of hydrogen-bond donors (Lipinski definition) is 4. The molecular weight excluding hydrogens is 340 g/mol. The van der Waals surface area contributed by atoms with Crippen LogP contribution in [-0.2, 0) is 20.9 Å². The van der Waals surface area contributed by atoms with Crippen LogP contribution < -0.4 is 10.6 Å². The van der Waals surface area contributed by atoms with E-state index in [0.717, 1.165) is 5.56 Å². The molecular formula is C18H24N2O6. The number of ether oxygens (including phenoxy) is 1. The standard InChI is InChI=1S/C18H24N2O6/c1-12(2)8-15(17(23)24)20-16(22)9-14(21)10-19-18(25)26-11-13-6-4-3-5-7-13/h3-7,14-15,21H,1,8-11H2,2H3,(H,19,25)(H,20,22)(H,23,24)/t14-,15+/m0/s1. The van der Waals surface area contributed by atoms with Crippen LogP contribution in [0.3, 0.4) is 0 Å². The molecule has 142 valence electrons. The summed E-state index contributed by atoms with van der Waals surface area (Å²) < 4.78 is 4.97. The van der Waals surface area contributed by atoms with Crippen LogP contribution >= 0.6 is 0 Å². The Morgan fingerprint density at radius 3 is 2.42 bits per heavy atom. The molecule has 0 unspecified atom stereocenters. The highest BCUT2D eigenvalue weighted by molar-refractivity contribution is 5.84. The number of aliphatic carboxylic acids is 1. The van der Waals surface area contributed by atoms with Crippen LogP contribution in [0, 0.1) is 0 Å². The number of alkyl carbamates (subject to hydrolysis) is 1. The van der Waals surface area contributed by atoms with Gasteiger partial charge in [-0.2, -0.15) is 0 Å². The topological polar surface area (TPSA) is 125 Å². The quantitative estimate of drug-likeness (QED) is 0.462. The van der Waals surface area contributed by atoms with Gasteiger partial charge in [0.1, 0.15) is 12.6 Å². The van der Waals surface area contributed by atoms with E-state index in [-0.39, 0.29) is 26.0 Å². The summed E-state index contributed by atoms with van der Waals surface area (Å²) in [6.45, 7) is 5.16. The van der Waals surface area contributed by atoms with E-state index in [9.17, 15) is 19.5 Å². The third kappa shape index (κ3) is 8.84. The summed E-state index contributed by atoms with van der Waals surface area (Å²) in [5, 5.41) is 23.5. The molecule has 1 aromatic rings. The van der Waals surface area contributed by atoms with E-state index in [0.29, 0.717) is 5.57 Å². The monoisotopic (exact) mass is 364 g/mol. The molecule has 0 aromatic heterocycles. The van der Waals surface area contributed by atoms with Gasteiger partial charge in [-0.1, -0.05) is 35.9 Å². The summed E-state index contributed by atoms with van der Waals surface area (Å²) in [5.74, 6) is -1.82. The van der Waals surface area contributed by atoms with Crippen molar-refractivity contribution in [2.45, 2.75) is 38.5 Å². The molecule has 0 saturated heterocycles. The fourth-order valence-corrected chi connectivity index (χ4v) is 2.06. The number of carboxylic acids is 1. The van der Waals surface area contributed by atoms with E-state index >= 15 is 0 Å². The number of carboxylic acid groups (broad SMARTS) is 1. The van der Waals surface area contributed by atoms with Gasteiger partial charge in [-0.3, -0.25) is 4.79 Å². The van der Waals surface area contributed by atoms with Crippen molar-refractivity contribution in [3.8, 4) is 0 Å².